The molecule has 4 atom stereocenters. The summed E-state index contributed by atoms with van der Waals surface area (Å²) in [4.78, 5) is 20.5. The molecule has 5 rings (SSSR count). The van der Waals surface area contributed by atoms with Crippen LogP contribution in [0.25, 0.3) is 0 Å². The Morgan fingerprint density at radius 3 is 2.49 bits per heavy atom. The number of nitrogens with one attached hydrogen (secondary N) is 1. The van der Waals surface area contributed by atoms with E-state index in [2.05, 4.69) is 5.32 Å². The molecule has 2 bridgehead atoms. The van der Waals surface area contributed by atoms with Gasteiger partial charge < -0.3 is 45.1 Å². The summed E-state index contributed by atoms with van der Waals surface area (Å²) >= 11 is 6.40. The summed E-state index contributed by atoms with van der Waals surface area (Å²) in [6, 6.07) is 12.0. The second-order valence-electron chi connectivity index (χ2n) is 9.42. The van der Waals surface area contributed by atoms with Gasteiger partial charge >= 0.3 is 5.97 Å². The van der Waals surface area contributed by atoms with Crippen molar-refractivity contribution in [2.75, 3.05) is 19.8 Å². The molecule has 2 saturated heterocycles. The molecule has 0 saturated carbocycles. The van der Waals surface area contributed by atoms with Gasteiger partial charge in [-0.25, -0.2) is 4.79 Å². The third-order valence-electron chi connectivity index (χ3n) is 6.79. The van der Waals surface area contributed by atoms with Gasteiger partial charge in [-0.15, -0.1) is 0 Å². The van der Waals surface area contributed by atoms with Gasteiger partial charge in [-0.05, 0) is 55.2 Å². The lowest BCUT2D eigenvalue weighted by Crippen LogP contribution is -2.54. The maximum absolute atomic E-state index is 10.6. The molecular formula is C27H30ClNO10. The van der Waals surface area contributed by atoms with Crippen molar-refractivity contribution in [1.82, 2.24) is 5.32 Å². The van der Waals surface area contributed by atoms with Gasteiger partial charge in [0.15, 0.2) is 17.1 Å². The van der Waals surface area contributed by atoms with Gasteiger partial charge in [0.1, 0.15) is 17.9 Å². The lowest BCUT2D eigenvalue weighted by molar-refractivity contribution is -0.232. The zero-order valence-electron chi connectivity index (χ0n) is 21.1. The molecular weight excluding hydrogens is 534 g/mol. The van der Waals surface area contributed by atoms with Crippen molar-refractivity contribution in [2.24, 2.45) is 0 Å². The number of aliphatic hydroxyl groups is 4. The van der Waals surface area contributed by atoms with Crippen LogP contribution < -0.4 is 10.1 Å². The minimum atomic E-state index is -1.83. The molecule has 0 aliphatic carbocycles. The number of carboxylic acids is 1. The monoisotopic (exact) mass is 563 g/mol. The van der Waals surface area contributed by atoms with Crippen LogP contribution in [0, 0.1) is 0 Å². The Hall–Kier alpha value is -3.35. The van der Waals surface area contributed by atoms with Crippen LogP contribution in [0.1, 0.15) is 36.5 Å². The molecule has 2 aromatic carbocycles. The smallest absolute Gasteiger partial charge is 0.326 e. The summed E-state index contributed by atoms with van der Waals surface area (Å²) in [5.74, 6) is -3.49. The van der Waals surface area contributed by atoms with Crippen molar-refractivity contribution in [3.8, 4) is 5.75 Å². The number of ether oxygens (including phenoxy) is 3. The van der Waals surface area contributed by atoms with E-state index in [4.69, 9.17) is 30.9 Å². The summed E-state index contributed by atoms with van der Waals surface area (Å²) in [5.41, 5.74) is 0.569. The van der Waals surface area contributed by atoms with Gasteiger partial charge in [-0.1, -0.05) is 29.8 Å². The predicted octanol–water partition coefficient (Wildman–Crippen LogP) is 2.31. The highest BCUT2D eigenvalue weighted by molar-refractivity contribution is 6.31. The van der Waals surface area contributed by atoms with Gasteiger partial charge in [-0.3, -0.25) is 4.79 Å². The topological polar surface area (TPSA) is 175 Å². The van der Waals surface area contributed by atoms with Crippen LogP contribution in [0.5, 0.6) is 5.75 Å². The largest absolute Gasteiger partial charge is 0.506 e. The number of fused-ring (bicyclic) bond motifs is 2. The van der Waals surface area contributed by atoms with Crippen LogP contribution in [-0.2, 0) is 31.3 Å². The van der Waals surface area contributed by atoms with Gasteiger partial charge in [-0.2, -0.15) is 0 Å². The number of hydrogen-bond donors (Lipinski definition) is 6. The molecule has 3 aliphatic heterocycles. The van der Waals surface area contributed by atoms with E-state index in [1.54, 1.807) is 18.2 Å². The van der Waals surface area contributed by atoms with Crippen molar-refractivity contribution in [3.63, 3.8) is 0 Å². The minimum Gasteiger partial charge on any atom is -0.506 e. The first kappa shape index (κ1) is 28.7. The number of aliphatic carboxylic acids is 1. The van der Waals surface area contributed by atoms with E-state index in [1.807, 2.05) is 31.2 Å². The number of rotatable bonds is 7. The number of aliphatic hydroxyl groups excluding tert-OH is 4. The zero-order valence-corrected chi connectivity index (χ0v) is 21.8. The molecule has 12 heteroatoms. The van der Waals surface area contributed by atoms with Crippen molar-refractivity contribution in [1.29, 1.82) is 0 Å². The van der Waals surface area contributed by atoms with Gasteiger partial charge in [0.25, 0.3) is 5.79 Å². The molecule has 1 amide bonds. The van der Waals surface area contributed by atoms with Crippen molar-refractivity contribution in [2.45, 2.75) is 49.7 Å². The molecule has 3 heterocycles. The highest BCUT2D eigenvalue weighted by atomic mass is 35.5. The van der Waals surface area contributed by atoms with Crippen LogP contribution in [0.15, 0.2) is 54.0 Å². The van der Waals surface area contributed by atoms with E-state index in [0.29, 0.717) is 36.5 Å². The summed E-state index contributed by atoms with van der Waals surface area (Å²) in [5, 5.41) is 51.9. The third kappa shape index (κ3) is 5.54. The highest BCUT2D eigenvalue weighted by Gasteiger charge is 2.64. The number of carbonyl (C=O) groups excluding carboxylic acids is 1. The number of hydrogen-bond acceptors (Lipinski definition) is 9. The molecule has 11 nitrogen and oxygen atoms in total. The van der Waals surface area contributed by atoms with Crippen LogP contribution in [0.3, 0.4) is 0 Å². The Bertz CT molecular complexity index is 1270. The first-order valence-electron chi connectivity index (χ1n) is 12.3. The maximum atomic E-state index is 10.6. The molecule has 2 aromatic rings. The van der Waals surface area contributed by atoms with Gasteiger partial charge in [0.2, 0.25) is 5.91 Å². The fourth-order valence-corrected chi connectivity index (χ4v) is 4.80. The quantitative estimate of drug-likeness (QED) is 0.293. The van der Waals surface area contributed by atoms with E-state index in [1.165, 1.54) is 0 Å². The summed E-state index contributed by atoms with van der Waals surface area (Å²) in [6.07, 6.45) is -0.335. The van der Waals surface area contributed by atoms with Crippen LogP contribution in [0.2, 0.25) is 5.02 Å². The van der Waals surface area contributed by atoms with Crippen molar-refractivity contribution < 1.29 is 49.3 Å². The van der Waals surface area contributed by atoms with E-state index < -0.39 is 47.6 Å². The molecule has 6 N–H and O–H groups in total. The molecule has 0 radical (unpaired) electrons. The fraction of sp³-hybridized carbons (Fsp3) is 0.407. The van der Waals surface area contributed by atoms with Crippen LogP contribution in [-0.4, -0.2) is 75.0 Å². The predicted molar refractivity (Wildman–Crippen MR) is 137 cm³/mol. The van der Waals surface area contributed by atoms with E-state index in [0.717, 1.165) is 16.9 Å². The van der Waals surface area contributed by atoms with Crippen molar-refractivity contribution in [3.05, 3.63) is 75.7 Å². The van der Waals surface area contributed by atoms with Crippen molar-refractivity contribution >= 4 is 23.5 Å². The average Bonchev–Trinajstić information content (AvgIpc) is 3.54. The molecule has 39 heavy (non-hydrogen) atoms. The minimum absolute atomic E-state index is 0.164. The second kappa shape index (κ2) is 11.4. The maximum Gasteiger partial charge on any atom is 0.326 e. The molecule has 3 aliphatic rings. The lowest BCUT2D eigenvalue weighted by atomic mass is 9.90. The summed E-state index contributed by atoms with van der Waals surface area (Å²) in [7, 11) is 0. The van der Waals surface area contributed by atoms with E-state index >= 15 is 0 Å². The van der Waals surface area contributed by atoms with Crippen LogP contribution >= 0.6 is 11.6 Å². The molecule has 0 aromatic heterocycles. The molecule has 0 unspecified atom stereocenters. The molecule has 2 fully saturated rings. The summed E-state index contributed by atoms with van der Waals surface area (Å²) in [6.45, 7) is 1.70. The second-order valence-corrected chi connectivity index (χ2v) is 9.83. The summed E-state index contributed by atoms with van der Waals surface area (Å²) < 4.78 is 17.0. The lowest BCUT2D eigenvalue weighted by Gasteiger charge is -2.39. The Morgan fingerprint density at radius 2 is 1.92 bits per heavy atom. The Labute approximate surface area is 229 Å². The van der Waals surface area contributed by atoms with E-state index in [9.17, 15) is 30.0 Å². The number of amides is 1. The average molecular weight is 564 g/mol. The Balaban J connectivity index is 0.000000333. The number of halogens is 1. The number of benzene rings is 2. The first-order valence-corrected chi connectivity index (χ1v) is 12.7. The number of carbonyl (C=O) groups is 2. The molecule has 0 spiro atoms. The van der Waals surface area contributed by atoms with Crippen LogP contribution in [0.4, 0.5) is 0 Å². The number of carboxylic acid groups (broad SMARTS) is 1. The standard InChI is InChI=1S/C22H23ClO7.C5H7NO3/c1-2-28-16-6-3-13(4-7-16)9-14-10-15(5-8-17(14)23)22-20(27)18(25)19(26)21(11-24,30-22)12-29-22;7-4-2-1-3(6-4)5(8)9/h3-8,10,19,24-27H,2,9,11-12H2,1H3;3H,1-2H2,(H,6,7)(H,8,9)/t19-,21-,22-;3-/m00/s1. The Kier molecular flexibility index (Phi) is 8.38. The van der Waals surface area contributed by atoms with E-state index in [-0.39, 0.29) is 12.5 Å². The third-order valence-corrected chi connectivity index (χ3v) is 7.16. The van der Waals surface area contributed by atoms with Gasteiger partial charge in [0, 0.05) is 17.0 Å². The molecule has 210 valence electrons. The fourth-order valence-electron chi connectivity index (χ4n) is 4.62. The normalized spacial score (nSPS) is 27.5. The van der Waals surface area contributed by atoms with Gasteiger partial charge in [0.05, 0.1) is 19.8 Å². The first-order chi connectivity index (χ1) is 18.5. The zero-order chi connectivity index (χ0) is 28.4. The Morgan fingerprint density at radius 1 is 1.21 bits per heavy atom. The SMILES string of the molecule is CCOc1ccc(Cc2cc([C@]34OC[C@](CO)(O3)[C@@H](O)C(O)=C4O)ccc2Cl)cc1.O=C1CC[C@@H](C(=O)O)N1. The highest BCUT2D eigenvalue weighted by Crippen LogP contribution is 2.51.